The molecule has 0 saturated heterocycles. The van der Waals surface area contributed by atoms with Gasteiger partial charge in [0.2, 0.25) is 0 Å². The van der Waals surface area contributed by atoms with E-state index >= 15 is 0 Å². The summed E-state index contributed by atoms with van der Waals surface area (Å²) in [6.45, 7) is 0.383. The van der Waals surface area contributed by atoms with Crippen LogP contribution in [-0.4, -0.2) is 38.0 Å². The number of hydrogen-bond donors (Lipinski definition) is 0. The van der Waals surface area contributed by atoms with E-state index in [-0.39, 0.29) is 18.6 Å². The second-order valence-electron chi connectivity index (χ2n) is 4.99. The number of nitrogens with zero attached hydrogens (tertiary/aromatic N) is 1. The van der Waals surface area contributed by atoms with Gasteiger partial charge in [-0.2, -0.15) is 0 Å². The van der Waals surface area contributed by atoms with Gasteiger partial charge in [0, 0.05) is 12.8 Å². The van der Waals surface area contributed by atoms with Crippen molar-refractivity contribution < 1.29 is 14.3 Å². The average molecular weight is 275 g/mol. The average Bonchev–Trinajstić information content (AvgIpc) is 2.92. The topological polar surface area (TPSA) is 47.9 Å². The standard InChI is InChI=1S/C16H21NO3/c1-19-12-16(18)20-11-15-10-9-14(17-15)8-7-13-5-3-2-4-6-13/h2-6,15H,7-12H2,1H3. The van der Waals surface area contributed by atoms with Gasteiger partial charge in [-0.3, -0.25) is 4.99 Å². The molecule has 1 atom stereocenters. The lowest BCUT2D eigenvalue weighted by atomic mass is 10.1. The Morgan fingerprint density at radius 1 is 1.30 bits per heavy atom. The van der Waals surface area contributed by atoms with Crippen LogP contribution >= 0.6 is 0 Å². The Morgan fingerprint density at radius 2 is 2.10 bits per heavy atom. The van der Waals surface area contributed by atoms with Gasteiger partial charge in [0.15, 0.2) is 0 Å². The third kappa shape index (κ3) is 4.78. The van der Waals surface area contributed by atoms with Crippen LogP contribution in [0.25, 0.3) is 0 Å². The normalized spacial score (nSPS) is 17.9. The fourth-order valence-corrected chi connectivity index (χ4v) is 2.31. The fraction of sp³-hybridized carbons (Fsp3) is 0.500. The van der Waals surface area contributed by atoms with Crippen LogP contribution in [-0.2, 0) is 20.7 Å². The second kappa shape index (κ2) is 7.80. The van der Waals surface area contributed by atoms with Crippen molar-refractivity contribution in [3.05, 3.63) is 35.9 Å². The largest absolute Gasteiger partial charge is 0.462 e. The first-order valence-electron chi connectivity index (χ1n) is 7.02. The number of hydrogen-bond acceptors (Lipinski definition) is 4. The van der Waals surface area contributed by atoms with E-state index < -0.39 is 0 Å². The molecule has 1 heterocycles. The van der Waals surface area contributed by atoms with Crippen LogP contribution < -0.4 is 0 Å². The Balaban J connectivity index is 1.72. The van der Waals surface area contributed by atoms with Gasteiger partial charge in [-0.1, -0.05) is 30.3 Å². The molecule has 1 unspecified atom stereocenters. The molecule has 0 fully saturated rings. The third-order valence-corrected chi connectivity index (χ3v) is 3.38. The number of carbonyl (C=O) groups excluding carboxylic acids is 1. The lowest BCUT2D eigenvalue weighted by Crippen LogP contribution is -2.18. The number of methoxy groups -OCH3 is 1. The molecule has 0 N–H and O–H groups in total. The van der Waals surface area contributed by atoms with Crippen molar-refractivity contribution in [2.45, 2.75) is 31.7 Å². The zero-order valence-corrected chi connectivity index (χ0v) is 11.9. The SMILES string of the molecule is COCC(=O)OCC1CCC(CCc2ccccc2)=N1. The maximum Gasteiger partial charge on any atom is 0.332 e. The minimum atomic E-state index is -0.319. The highest BCUT2D eigenvalue weighted by Gasteiger charge is 2.18. The van der Waals surface area contributed by atoms with E-state index in [1.165, 1.54) is 18.4 Å². The summed E-state index contributed by atoms with van der Waals surface area (Å²) >= 11 is 0. The van der Waals surface area contributed by atoms with Crippen molar-refractivity contribution in [2.75, 3.05) is 20.3 Å². The number of carbonyl (C=O) groups is 1. The van der Waals surface area contributed by atoms with Gasteiger partial charge in [0.1, 0.15) is 13.2 Å². The molecule has 4 nitrogen and oxygen atoms in total. The highest BCUT2D eigenvalue weighted by Crippen LogP contribution is 2.17. The Hall–Kier alpha value is -1.68. The van der Waals surface area contributed by atoms with E-state index in [0.717, 1.165) is 25.7 Å². The van der Waals surface area contributed by atoms with Crippen molar-refractivity contribution in [3.8, 4) is 0 Å². The van der Waals surface area contributed by atoms with E-state index in [1.807, 2.05) is 6.07 Å². The lowest BCUT2D eigenvalue weighted by molar-refractivity contribution is -0.148. The van der Waals surface area contributed by atoms with Crippen LogP contribution in [0.3, 0.4) is 0 Å². The van der Waals surface area contributed by atoms with Gasteiger partial charge < -0.3 is 9.47 Å². The molecule has 0 amide bonds. The Labute approximate surface area is 119 Å². The molecular formula is C16H21NO3. The molecule has 0 aromatic heterocycles. The van der Waals surface area contributed by atoms with E-state index in [0.29, 0.717) is 6.61 Å². The van der Waals surface area contributed by atoms with Gasteiger partial charge >= 0.3 is 5.97 Å². The van der Waals surface area contributed by atoms with Crippen molar-refractivity contribution in [1.29, 1.82) is 0 Å². The van der Waals surface area contributed by atoms with E-state index in [9.17, 15) is 4.79 Å². The molecule has 2 rings (SSSR count). The minimum absolute atomic E-state index is 0.0112. The predicted octanol–water partition coefficient (Wildman–Crippen LogP) is 2.41. The second-order valence-corrected chi connectivity index (χ2v) is 4.99. The first-order chi connectivity index (χ1) is 9.78. The Morgan fingerprint density at radius 3 is 2.85 bits per heavy atom. The summed E-state index contributed by atoms with van der Waals surface area (Å²) in [6.07, 6.45) is 4.01. The highest BCUT2D eigenvalue weighted by molar-refractivity contribution is 5.86. The van der Waals surface area contributed by atoms with Gasteiger partial charge in [-0.25, -0.2) is 4.79 Å². The molecule has 0 aliphatic carbocycles. The highest BCUT2D eigenvalue weighted by atomic mass is 16.6. The fourth-order valence-electron chi connectivity index (χ4n) is 2.31. The van der Waals surface area contributed by atoms with Crippen molar-refractivity contribution in [3.63, 3.8) is 0 Å². The Kier molecular flexibility index (Phi) is 5.74. The molecule has 0 radical (unpaired) electrons. The van der Waals surface area contributed by atoms with Crippen LogP contribution in [0.2, 0.25) is 0 Å². The zero-order valence-electron chi connectivity index (χ0n) is 11.9. The van der Waals surface area contributed by atoms with Crippen LogP contribution in [0.15, 0.2) is 35.3 Å². The summed E-state index contributed by atoms with van der Waals surface area (Å²) in [5, 5.41) is 0. The van der Waals surface area contributed by atoms with Gasteiger partial charge in [-0.05, 0) is 31.2 Å². The molecule has 0 spiro atoms. The zero-order chi connectivity index (χ0) is 14.2. The predicted molar refractivity (Wildman–Crippen MR) is 78.1 cm³/mol. The van der Waals surface area contributed by atoms with Crippen LogP contribution in [0.4, 0.5) is 0 Å². The summed E-state index contributed by atoms with van der Waals surface area (Å²) in [5.41, 5.74) is 2.58. The number of aliphatic imine (C=N–C) groups is 1. The number of aryl methyl sites for hydroxylation is 1. The van der Waals surface area contributed by atoms with Crippen molar-refractivity contribution in [1.82, 2.24) is 0 Å². The van der Waals surface area contributed by atoms with Gasteiger partial charge in [-0.15, -0.1) is 0 Å². The Bertz CT molecular complexity index is 456. The third-order valence-electron chi connectivity index (χ3n) is 3.38. The van der Waals surface area contributed by atoms with E-state index in [4.69, 9.17) is 9.47 Å². The number of ether oxygens (including phenoxy) is 2. The maximum atomic E-state index is 11.2. The van der Waals surface area contributed by atoms with E-state index in [2.05, 4.69) is 29.3 Å². The molecule has 1 aliphatic heterocycles. The quantitative estimate of drug-likeness (QED) is 0.718. The van der Waals surface area contributed by atoms with Gasteiger partial charge in [0.05, 0.1) is 6.04 Å². The van der Waals surface area contributed by atoms with Crippen LogP contribution in [0, 0.1) is 0 Å². The van der Waals surface area contributed by atoms with E-state index in [1.54, 1.807) is 0 Å². The first kappa shape index (κ1) is 14.7. The van der Waals surface area contributed by atoms with Crippen molar-refractivity contribution in [2.24, 2.45) is 4.99 Å². The lowest BCUT2D eigenvalue weighted by Gasteiger charge is -2.07. The molecule has 0 saturated carbocycles. The molecule has 4 heteroatoms. The monoisotopic (exact) mass is 275 g/mol. The van der Waals surface area contributed by atoms with Crippen LogP contribution in [0.1, 0.15) is 24.8 Å². The molecule has 108 valence electrons. The molecule has 1 aromatic carbocycles. The summed E-state index contributed by atoms with van der Waals surface area (Å²) in [4.78, 5) is 15.8. The summed E-state index contributed by atoms with van der Waals surface area (Å²) in [6, 6.07) is 10.6. The minimum Gasteiger partial charge on any atom is -0.462 e. The maximum absolute atomic E-state index is 11.2. The molecule has 1 aliphatic rings. The number of esters is 1. The number of rotatable bonds is 7. The van der Waals surface area contributed by atoms with Crippen LogP contribution in [0.5, 0.6) is 0 Å². The summed E-state index contributed by atoms with van der Waals surface area (Å²) in [7, 11) is 1.48. The number of benzene rings is 1. The molecular weight excluding hydrogens is 254 g/mol. The molecule has 0 bridgehead atoms. The first-order valence-corrected chi connectivity index (χ1v) is 7.02. The molecule has 1 aromatic rings. The smallest absolute Gasteiger partial charge is 0.332 e. The molecule has 20 heavy (non-hydrogen) atoms. The summed E-state index contributed by atoms with van der Waals surface area (Å²) in [5.74, 6) is -0.319. The summed E-state index contributed by atoms with van der Waals surface area (Å²) < 4.78 is 9.82. The van der Waals surface area contributed by atoms with Crippen molar-refractivity contribution >= 4 is 11.7 Å². The van der Waals surface area contributed by atoms with Gasteiger partial charge in [0.25, 0.3) is 0 Å².